The van der Waals surface area contributed by atoms with E-state index in [-0.39, 0.29) is 17.9 Å². The van der Waals surface area contributed by atoms with Crippen molar-refractivity contribution in [1.82, 2.24) is 14.9 Å². The fourth-order valence-electron chi connectivity index (χ4n) is 4.68. The number of imidazole rings is 1. The standard InChI is InChI=1S/C26H37BN4O5/c1-7-16(2)21(34-24(28)33)23(32)31-14-8-9-20(31)22-29-15-19(30-22)17-10-12-18(13-11-17)27-35-25(3,4)26(5,6)36-27/h10-13,15-16,20-21H,7-9,14H2,1-6H3,(H2,28,33)(H,29,30)/t16-,20-,21?/m0/s1. The number of primary amides is 1. The molecular formula is C26H37BN4O5. The highest BCUT2D eigenvalue weighted by Crippen LogP contribution is 2.37. The van der Waals surface area contributed by atoms with Crippen LogP contribution in [0.2, 0.25) is 0 Å². The van der Waals surface area contributed by atoms with Crippen LogP contribution in [0.25, 0.3) is 11.3 Å². The fourth-order valence-corrected chi connectivity index (χ4v) is 4.68. The third kappa shape index (κ3) is 5.02. The van der Waals surface area contributed by atoms with Gasteiger partial charge in [0.2, 0.25) is 0 Å². The number of nitrogens with two attached hydrogens (primary N) is 1. The Morgan fingerprint density at radius 1 is 1.22 bits per heavy atom. The SMILES string of the molecule is CC[C@H](C)C(OC(N)=O)C(=O)N1CCC[C@H]1c1ncc(-c2ccc(B3OC(C)(C)C(C)(C)O3)cc2)[nH]1. The minimum Gasteiger partial charge on any atom is -0.436 e. The van der Waals surface area contributed by atoms with Crippen molar-refractivity contribution >= 4 is 24.6 Å². The molecule has 1 unspecified atom stereocenters. The summed E-state index contributed by atoms with van der Waals surface area (Å²) in [6.45, 7) is 12.6. The van der Waals surface area contributed by atoms with E-state index >= 15 is 0 Å². The zero-order valence-corrected chi connectivity index (χ0v) is 22.0. The first kappa shape index (κ1) is 26.2. The number of rotatable bonds is 7. The van der Waals surface area contributed by atoms with E-state index in [9.17, 15) is 9.59 Å². The first-order chi connectivity index (χ1) is 16.9. The molecule has 0 aliphatic carbocycles. The normalized spacial score (nSPS) is 22.4. The number of carbonyl (C=O) groups is 2. The van der Waals surface area contributed by atoms with Gasteiger partial charge in [-0.3, -0.25) is 4.79 Å². The molecule has 0 radical (unpaired) electrons. The zero-order valence-electron chi connectivity index (χ0n) is 22.0. The van der Waals surface area contributed by atoms with Crippen LogP contribution in [-0.4, -0.2) is 57.8 Å². The monoisotopic (exact) mass is 496 g/mol. The summed E-state index contributed by atoms with van der Waals surface area (Å²) >= 11 is 0. The molecule has 10 heteroatoms. The number of benzene rings is 1. The van der Waals surface area contributed by atoms with Gasteiger partial charge in [-0.2, -0.15) is 0 Å². The van der Waals surface area contributed by atoms with Crippen molar-refractivity contribution in [2.75, 3.05) is 6.54 Å². The minimum atomic E-state index is -0.936. The third-order valence-electron chi connectivity index (χ3n) is 7.84. The topological polar surface area (TPSA) is 120 Å². The van der Waals surface area contributed by atoms with Crippen LogP contribution >= 0.6 is 0 Å². The molecule has 0 saturated carbocycles. The Morgan fingerprint density at radius 2 is 1.86 bits per heavy atom. The highest BCUT2D eigenvalue weighted by atomic mass is 16.7. The molecule has 3 atom stereocenters. The molecule has 0 bridgehead atoms. The van der Waals surface area contributed by atoms with E-state index in [4.69, 9.17) is 19.8 Å². The van der Waals surface area contributed by atoms with E-state index < -0.39 is 30.5 Å². The molecule has 0 spiro atoms. The highest BCUT2D eigenvalue weighted by molar-refractivity contribution is 6.62. The lowest BCUT2D eigenvalue weighted by Gasteiger charge is -2.32. The van der Waals surface area contributed by atoms with Crippen molar-refractivity contribution in [3.05, 3.63) is 36.3 Å². The largest absolute Gasteiger partial charge is 0.494 e. The summed E-state index contributed by atoms with van der Waals surface area (Å²) in [5.74, 6) is 0.351. The number of ether oxygens (including phenoxy) is 1. The summed E-state index contributed by atoms with van der Waals surface area (Å²) in [5.41, 5.74) is 7.24. The van der Waals surface area contributed by atoms with Crippen molar-refractivity contribution in [2.45, 2.75) is 84.2 Å². The lowest BCUT2D eigenvalue weighted by molar-refractivity contribution is -0.144. The Hall–Kier alpha value is -2.85. The van der Waals surface area contributed by atoms with E-state index in [0.29, 0.717) is 18.8 Å². The second kappa shape index (κ2) is 9.90. The maximum atomic E-state index is 13.3. The number of aromatic amines is 1. The van der Waals surface area contributed by atoms with E-state index in [1.807, 2.05) is 65.8 Å². The van der Waals surface area contributed by atoms with E-state index in [0.717, 1.165) is 29.6 Å². The summed E-state index contributed by atoms with van der Waals surface area (Å²) in [7, 11) is -0.416. The summed E-state index contributed by atoms with van der Waals surface area (Å²) < 4.78 is 17.5. The van der Waals surface area contributed by atoms with Gasteiger partial charge in [0.25, 0.3) is 5.91 Å². The van der Waals surface area contributed by atoms with Crippen LogP contribution in [0, 0.1) is 5.92 Å². The quantitative estimate of drug-likeness (QED) is 0.566. The fraction of sp³-hybridized carbons (Fsp3) is 0.577. The van der Waals surface area contributed by atoms with Crippen LogP contribution < -0.4 is 11.2 Å². The molecule has 2 saturated heterocycles. The van der Waals surface area contributed by atoms with Gasteiger partial charge < -0.3 is 29.7 Å². The third-order valence-corrected chi connectivity index (χ3v) is 7.84. The van der Waals surface area contributed by atoms with Gasteiger partial charge in [-0.1, -0.05) is 38.1 Å². The van der Waals surface area contributed by atoms with Crippen LogP contribution in [0.15, 0.2) is 30.5 Å². The van der Waals surface area contributed by atoms with Gasteiger partial charge in [0, 0.05) is 12.5 Å². The molecule has 36 heavy (non-hydrogen) atoms. The van der Waals surface area contributed by atoms with Crippen LogP contribution in [0.3, 0.4) is 0 Å². The van der Waals surface area contributed by atoms with E-state index in [2.05, 4.69) is 9.97 Å². The van der Waals surface area contributed by atoms with E-state index in [1.54, 1.807) is 11.1 Å². The van der Waals surface area contributed by atoms with Crippen LogP contribution in [-0.2, 0) is 18.8 Å². The van der Waals surface area contributed by atoms with Gasteiger partial charge in [0.05, 0.1) is 29.1 Å². The number of carbonyl (C=O) groups excluding carboxylic acids is 2. The van der Waals surface area contributed by atoms with Gasteiger partial charge in [-0.05, 0) is 58.0 Å². The number of likely N-dealkylation sites (tertiary alicyclic amines) is 1. The zero-order chi connectivity index (χ0) is 26.3. The van der Waals surface area contributed by atoms with Crippen molar-refractivity contribution in [1.29, 1.82) is 0 Å². The number of nitrogens with one attached hydrogen (secondary N) is 1. The average Bonchev–Trinajstić information content (AvgIpc) is 3.54. The Labute approximate surface area is 213 Å². The Morgan fingerprint density at radius 3 is 2.44 bits per heavy atom. The van der Waals surface area contributed by atoms with Crippen LogP contribution in [0.1, 0.15) is 72.7 Å². The second-order valence-electron chi connectivity index (χ2n) is 10.8. The molecular weight excluding hydrogens is 459 g/mol. The molecule has 2 amide bonds. The molecule has 2 aliphatic heterocycles. The van der Waals surface area contributed by atoms with Gasteiger partial charge in [-0.15, -0.1) is 0 Å². The predicted molar refractivity (Wildman–Crippen MR) is 137 cm³/mol. The smallest absolute Gasteiger partial charge is 0.436 e. The molecule has 1 aromatic carbocycles. The Kier molecular flexibility index (Phi) is 7.21. The number of nitrogens with zero attached hydrogens (tertiary/aromatic N) is 2. The maximum absolute atomic E-state index is 13.3. The number of hydrogen-bond acceptors (Lipinski definition) is 6. The molecule has 2 fully saturated rings. The van der Waals surface area contributed by atoms with Crippen molar-refractivity contribution in [3.8, 4) is 11.3 Å². The molecule has 3 N–H and O–H groups in total. The van der Waals surface area contributed by atoms with Crippen molar-refractivity contribution in [3.63, 3.8) is 0 Å². The van der Waals surface area contributed by atoms with Crippen molar-refractivity contribution in [2.24, 2.45) is 11.7 Å². The maximum Gasteiger partial charge on any atom is 0.494 e. The lowest BCUT2D eigenvalue weighted by atomic mass is 9.79. The van der Waals surface area contributed by atoms with Crippen LogP contribution in [0.5, 0.6) is 0 Å². The molecule has 194 valence electrons. The molecule has 2 aliphatic rings. The van der Waals surface area contributed by atoms with E-state index in [1.165, 1.54) is 0 Å². The number of amides is 2. The van der Waals surface area contributed by atoms with Gasteiger partial charge in [0.1, 0.15) is 5.82 Å². The van der Waals surface area contributed by atoms with Gasteiger partial charge in [0.15, 0.2) is 6.10 Å². The number of aromatic nitrogens is 2. The summed E-state index contributed by atoms with van der Waals surface area (Å²) in [5, 5.41) is 0. The van der Waals surface area contributed by atoms with Crippen LogP contribution in [0.4, 0.5) is 4.79 Å². The van der Waals surface area contributed by atoms with Gasteiger partial charge in [-0.25, -0.2) is 9.78 Å². The lowest BCUT2D eigenvalue weighted by Crippen LogP contribution is -2.45. The summed E-state index contributed by atoms with van der Waals surface area (Å²) in [6.07, 6.45) is 2.27. The molecule has 4 rings (SSSR count). The second-order valence-corrected chi connectivity index (χ2v) is 10.8. The minimum absolute atomic E-state index is 0.138. The Bertz CT molecular complexity index is 1080. The number of hydrogen-bond donors (Lipinski definition) is 2. The highest BCUT2D eigenvalue weighted by Gasteiger charge is 2.51. The molecule has 1 aromatic heterocycles. The summed E-state index contributed by atoms with van der Waals surface area (Å²) in [6, 6.07) is 7.81. The molecule has 2 aromatic rings. The Balaban J connectivity index is 1.49. The molecule has 9 nitrogen and oxygen atoms in total. The number of H-pyrrole nitrogens is 1. The first-order valence-electron chi connectivity index (χ1n) is 12.7. The van der Waals surface area contributed by atoms with Crippen molar-refractivity contribution < 1.29 is 23.6 Å². The first-order valence-corrected chi connectivity index (χ1v) is 12.7. The average molecular weight is 496 g/mol. The summed E-state index contributed by atoms with van der Waals surface area (Å²) in [4.78, 5) is 34.5. The molecule has 3 heterocycles. The van der Waals surface area contributed by atoms with Gasteiger partial charge >= 0.3 is 13.2 Å². The predicted octanol–water partition coefficient (Wildman–Crippen LogP) is 3.55.